The molecule has 0 aromatic heterocycles. The molecule has 10 heavy (non-hydrogen) atoms. The van der Waals surface area contributed by atoms with Crippen LogP contribution in [0, 0.1) is 0 Å². The molecule has 0 spiro atoms. The number of carbonyl (C=O) groups excluding carboxylic acids is 1. The molecular formula is C5H9N2O2S+. The van der Waals surface area contributed by atoms with Gasteiger partial charge in [0.25, 0.3) is 5.12 Å². The summed E-state index contributed by atoms with van der Waals surface area (Å²) in [7, 11) is 0. The molecule has 56 valence electrons. The van der Waals surface area contributed by atoms with Gasteiger partial charge in [0, 0.05) is 13.8 Å². The summed E-state index contributed by atoms with van der Waals surface area (Å²) in [6.45, 7) is 3.87. The monoisotopic (exact) mass is 161 g/mol. The van der Waals surface area contributed by atoms with Gasteiger partial charge >= 0.3 is 0 Å². The standard InChI is InChI=1S/C5H8N2O2S/c1-5(2)7(6-9)3-4(8)10-5/h3H2,1-2H3/p+1. The van der Waals surface area contributed by atoms with Crippen LogP contribution in [-0.4, -0.2) is 26.4 Å². The summed E-state index contributed by atoms with van der Waals surface area (Å²) in [5.41, 5.74) is 0. The second kappa shape index (κ2) is 2.23. The van der Waals surface area contributed by atoms with Gasteiger partial charge < -0.3 is 5.21 Å². The van der Waals surface area contributed by atoms with E-state index in [1.165, 1.54) is 16.5 Å². The van der Waals surface area contributed by atoms with Crippen molar-refractivity contribution in [2.45, 2.75) is 18.7 Å². The molecule has 1 aliphatic rings. The molecule has 5 heteroatoms. The Bertz CT molecular complexity index is 200. The average molecular weight is 161 g/mol. The zero-order valence-corrected chi connectivity index (χ0v) is 6.68. The van der Waals surface area contributed by atoms with Crippen molar-refractivity contribution in [3.63, 3.8) is 0 Å². The molecule has 1 heterocycles. The fourth-order valence-corrected chi connectivity index (χ4v) is 1.77. The molecule has 0 aliphatic carbocycles. The van der Waals surface area contributed by atoms with Gasteiger partial charge in [-0.05, 0) is 11.8 Å². The van der Waals surface area contributed by atoms with E-state index in [2.05, 4.69) is 5.28 Å². The molecule has 0 atom stereocenters. The number of carbonyl (C=O) groups is 1. The van der Waals surface area contributed by atoms with Gasteiger partial charge in [0.2, 0.25) is 11.4 Å². The quantitative estimate of drug-likeness (QED) is 0.423. The summed E-state index contributed by atoms with van der Waals surface area (Å²) < 4.78 is 1.36. The zero-order valence-electron chi connectivity index (χ0n) is 5.87. The highest BCUT2D eigenvalue weighted by Crippen LogP contribution is 2.32. The summed E-state index contributed by atoms with van der Waals surface area (Å²) in [5, 5.41) is 11.4. The van der Waals surface area contributed by atoms with Crippen LogP contribution in [0.2, 0.25) is 0 Å². The van der Waals surface area contributed by atoms with Gasteiger partial charge in [0.05, 0.1) is 0 Å². The Balaban J connectivity index is 2.88. The highest BCUT2D eigenvalue weighted by atomic mass is 32.2. The molecule has 0 unspecified atom stereocenters. The predicted molar refractivity (Wildman–Crippen MR) is 36.0 cm³/mol. The molecule has 1 fully saturated rings. The third-order valence-corrected chi connectivity index (χ3v) is 2.44. The first-order chi connectivity index (χ1) is 4.56. The van der Waals surface area contributed by atoms with Crippen molar-refractivity contribution in [1.82, 2.24) is 0 Å². The van der Waals surface area contributed by atoms with Crippen molar-refractivity contribution in [3.05, 3.63) is 0 Å². The Labute approximate surface area is 62.9 Å². The molecule has 0 amide bonds. The number of hydrogen-bond acceptors (Lipinski definition) is 3. The first-order valence-electron chi connectivity index (χ1n) is 2.91. The van der Waals surface area contributed by atoms with Gasteiger partial charge in [-0.2, -0.15) is 0 Å². The van der Waals surface area contributed by atoms with E-state index in [1.807, 2.05) is 13.8 Å². The summed E-state index contributed by atoms with van der Waals surface area (Å²) in [4.78, 5) is 10.4. The van der Waals surface area contributed by atoms with Gasteiger partial charge in [0.1, 0.15) is 0 Å². The fraction of sp³-hybridized carbons (Fsp3) is 0.800. The Kier molecular flexibility index (Phi) is 1.68. The SMILES string of the molecule is CC1(C)SC(=O)C[N+]1=NO. The fourth-order valence-electron chi connectivity index (χ4n) is 0.816. The van der Waals surface area contributed by atoms with E-state index in [-0.39, 0.29) is 16.5 Å². The minimum atomic E-state index is -0.383. The van der Waals surface area contributed by atoms with Crippen molar-refractivity contribution in [2.75, 3.05) is 6.54 Å². The highest BCUT2D eigenvalue weighted by molar-refractivity contribution is 8.14. The maximum absolute atomic E-state index is 10.8. The van der Waals surface area contributed by atoms with Gasteiger partial charge in [-0.1, -0.05) is 4.70 Å². The van der Waals surface area contributed by atoms with E-state index in [0.29, 0.717) is 0 Å². The number of hydrogen-bond donors (Lipinski definition) is 1. The Morgan fingerprint density at radius 1 is 1.80 bits per heavy atom. The van der Waals surface area contributed by atoms with Crippen molar-refractivity contribution in [3.8, 4) is 0 Å². The second-order valence-corrected chi connectivity index (χ2v) is 4.23. The number of nitrogens with zero attached hydrogens (tertiary/aromatic N) is 2. The van der Waals surface area contributed by atoms with Crippen LogP contribution < -0.4 is 0 Å². The first kappa shape index (κ1) is 7.53. The van der Waals surface area contributed by atoms with E-state index >= 15 is 0 Å². The normalized spacial score (nSPS) is 27.8. The third-order valence-electron chi connectivity index (χ3n) is 1.37. The van der Waals surface area contributed by atoms with Crippen molar-refractivity contribution >= 4 is 16.9 Å². The van der Waals surface area contributed by atoms with Gasteiger partial charge in [-0.15, -0.1) is 0 Å². The van der Waals surface area contributed by atoms with Crippen LogP contribution in [-0.2, 0) is 4.79 Å². The number of rotatable bonds is 0. The van der Waals surface area contributed by atoms with E-state index in [9.17, 15) is 4.79 Å². The van der Waals surface area contributed by atoms with Crippen molar-refractivity contribution < 1.29 is 14.7 Å². The molecule has 0 saturated carbocycles. The predicted octanol–water partition coefficient (Wildman–Crippen LogP) is 0.850. The van der Waals surface area contributed by atoms with Gasteiger partial charge in [-0.25, -0.2) is 0 Å². The lowest BCUT2D eigenvalue weighted by Gasteiger charge is -2.05. The van der Waals surface area contributed by atoms with E-state index in [1.54, 1.807) is 0 Å². The van der Waals surface area contributed by atoms with Crippen LogP contribution in [0.1, 0.15) is 13.8 Å². The van der Waals surface area contributed by atoms with Crippen LogP contribution in [0.3, 0.4) is 0 Å². The molecule has 0 radical (unpaired) electrons. The molecule has 0 aromatic carbocycles. The Hall–Kier alpha value is -0.580. The van der Waals surface area contributed by atoms with Gasteiger partial charge in [-0.3, -0.25) is 4.79 Å². The summed E-state index contributed by atoms with van der Waals surface area (Å²) in [6.07, 6.45) is 0. The molecule has 1 N–H and O–H groups in total. The minimum Gasteiger partial charge on any atom is -0.363 e. The molecular weight excluding hydrogens is 152 g/mol. The van der Waals surface area contributed by atoms with Crippen LogP contribution in [0.15, 0.2) is 5.28 Å². The lowest BCUT2D eigenvalue weighted by Crippen LogP contribution is -2.25. The molecule has 0 bridgehead atoms. The summed E-state index contributed by atoms with van der Waals surface area (Å²) >= 11 is 1.19. The molecule has 1 saturated heterocycles. The maximum Gasteiger partial charge on any atom is 0.262 e. The zero-order chi connectivity index (χ0) is 7.78. The molecule has 1 aliphatic heterocycles. The second-order valence-electron chi connectivity index (χ2n) is 2.57. The topological polar surface area (TPSA) is 52.7 Å². The largest absolute Gasteiger partial charge is 0.363 e. The van der Waals surface area contributed by atoms with Crippen LogP contribution in [0.25, 0.3) is 0 Å². The molecule has 4 nitrogen and oxygen atoms in total. The number of thioether (sulfide) groups is 1. The van der Waals surface area contributed by atoms with Gasteiger partial charge in [0.15, 0.2) is 5.28 Å². The summed E-state index contributed by atoms with van der Waals surface area (Å²) in [5.74, 6) is 0. The lowest BCUT2D eigenvalue weighted by atomic mass is 10.4. The van der Waals surface area contributed by atoms with Crippen LogP contribution in [0.4, 0.5) is 0 Å². The van der Waals surface area contributed by atoms with Crippen molar-refractivity contribution in [1.29, 1.82) is 0 Å². The summed E-state index contributed by atoms with van der Waals surface area (Å²) in [6, 6.07) is 0. The van der Waals surface area contributed by atoms with Crippen LogP contribution in [0.5, 0.6) is 0 Å². The van der Waals surface area contributed by atoms with E-state index in [0.717, 1.165) is 0 Å². The van der Waals surface area contributed by atoms with E-state index in [4.69, 9.17) is 5.21 Å². The lowest BCUT2D eigenvalue weighted by molar-refractivity contribution is -0.640. The molecule has 1 rings (SSSR count). The smallest absolute Gasteiger partial charge is 0.262 e. The Morgan fingerprint density at radius 3 is 2.60 bits per heavy atom. The van der Waals surface area contributed by atoms with E-state index < -0.39 is 0 Å². The maximum atomic E-state index is 10.8. The molecule has 0 aromatic rings. The highest BCUT2D eigenvalue weighted by Gasteiger charge is 2.45. The minimum absolute atomic E-state index is 0.0443. The van der Waals surface area contributed by atoms with Crippen LogP contribution >= 0.6 is 11.8 Å². The Morgan fingerprint density at radius 2 is 2.40 bits per heavy atom. The average Bonchev–Trinajstić information content (AvgIpc) is 2.04. The van der Waals surface area contributed by atoms with Crippen molar-refractivity contribution in [2.24, 2.45) is 5.28 Å². The first-order valence-corrected chi connectivity index (χ1v) is 3.72. The third kappa shape index (κ3) is 1.13.